The molecule has 21 heavy (non-hydrogen) atoms. The number of nitrogens with one attached hydrogen (secondary N) is 1. The highest BCUT2D eigenvalue weighted by atomic mass is 15.5. The highest BCUT2D eigenvalue weighted by Gasteiger charge is 2.25. The smallest absolute Gasteiger partial charge is 0.143 e. The molecule has 1 aliphatic carbocycles. The lowest BCUT2D eigenvalue weighted by atomic mass is 9.80. The van der Waals surface area contributed by atoms with Crippen LogP contribution in [0.1, 0.15) is 38.7 Å². The van der Waals surface area contributed by atoms with E-state index in [1.807, 2.05) is 0 Å². The van der Waals surface area contributed by atoms with Crippen molar-refractivity contribution < 1.29 is 0 Å². The summed E-state index contributed by atoms with van der Waals surface area (Å²) in [5.74, 6) is 1.56. The van der Waals surface area contributed by atoms with Crippen molar-refractivity contribution in [3.63, 3.8) is 0 Å². The summed E-state index contributed by atoms with van der Waals surface area (Å²) < 4.78 is 1.70. The molecule has 112 valence electrons. The van der Waals surface area contributed by atoms with Gasteiger partial charge in [0.15, 0.2) is 0 Å². The number of rotatable bonds is 3. The average Bonchev–Trinajstić information content (AvgIpc) is 2.97. The van der Waals surface area contributed by atoms with Crippen molar-refractivity contribution >= 4 is 5.69 Å². The fourth-order valence-corrected chi connectivity index (χ4v) is 3.22. The maximum atomic E-state index is 3.95. The number of hydrogen-bond acceptors (Lipinski definition) is 4. The zero-order valence-electron chi connectivity index (χ0n) is 13.0. The van der Waals surface area contributed by atoms with Crippen molar-refractivity contribution in [1.82, 2.24) is 20.2 Å². The van der Waals surface area contributed by atoms with Crippen molar-refractivity contribution in [2.24, 2.45) is 11.8 Å². The highest BCUT2D eigenvalue weighted by molar-refractivity contribution is 5.53. The number of benzene rings is 1. The zero-order chi connectivity index (χ0) is 14.8. The molecular formula is C16H23N5. The monoisotopic (exact) mass is 285 g/mol. The minimum atomic E-state index is 0.576. The van der Waals surface area contributed by atoms with Crippen LogP contribution in [-0.2, 0) is 0 Å². The Morgan fingerprint density at radius 3 is 2.81 bits per heavy atom. The van der Waals surface area contributed by atoms with Crippen molar-refractivity contribution in [2.45, 2.75) is 46.1 Å². The maximum absolute atomic E-state index is 3.95. The molecular weight excluding hydrogens is 262 g/mol. The van der Waals surface area contributed by atoms with Crippen LogP contribution in [0.2, 0.25) is 0 Å². The van der Waals surface area contributed by atoms with Gasteiger partial charge in [-0.05, 0) is 65.8 Å². The molecule has 0 bridgehead atoms. The lowest BCUT2D eigenvalue weighted by Crippen LogP contribution is -2.33. The molecule has 3 atom stereocenters. The summed E-state index contributed by atoms with van der Waals surface area (Å²) in [5, 5.41) is 15.0. The molecule has 1 N–H and O–H groups in total. The molecule has 0 radical (unpaired) electrons. The normalized spacial score (nSPS) is 25.8. The Hall–Kier alpha value is -1.91. The number of aryl methyl sites for hydroxylation is 1. The first-order valence-corrected chi connectivity index (χ1v) is 7.74. The SMILES string of the molecule is Cc1cc(NC2CC(C)CCC2C)ccc1-n1cnnn1. The molecule has 0 amide bonds. The van der Waals surface area contributed by atoms with Crippen LogP contribution in [0.15, 0.2) is 24.5 Å². The first-order chi connectivity index (χ1) is 10.1. The van der Waals surface area contributed by atoms with Gasteiger partial charge in [-0.3, -0.25) is 0 Å². The molecule has 1 heterocycles. The fourth-order valence-electron chi connectivity index (χ4n) is 3.22. The predicted molar refractivity (Wildman–Crippen MR) is 83.5 cm³/mol. The minimum Gasteiger partial charge on any atom is -0.382 e. The van der Waals surface area contributed by atoms with Crippen LogP contribution in [0.25, 0.3) is 5.69 Å². The summed E-state index contributed by atoms with van der Waals surface area (Å²) in [7, 11) is 0. The van der Waals surface area contributed by atoms with Gasteiger partial charge in [0, 0.05) is 11.7 Å². The van der Waals surface area contributed by atoms with Gasteiger partial charge in [0.2, 0.25) is 0 Å². The standard InChI is InChI=1S/C16H23N5/c1-11-4-5-12(2)15(8-11)18-14-6-7-16(13(3)9-14)21-10-17-19-20-21/h6-7,9-12,15,18H,4-5,8H2,1-3H3. The Kier molecular flexibility index (Phi) is 3.90. The molecule has 0 aliphatic heterocycles. The molecule has 0 spiro atoms. The van der Waals surface area contributed by atoms with Gasteiger partial charge in [0.25, 0.3) is 0 Å². The molecule has 0 saturated heterocycles. The molecule has 3 unspecified atom stereocenters. The molecule has 1 aromatic carbocycles. The van der Waals surface area contributed by atoms with Crippen molar-refractivity contribution in [3.8, 4) is 5.69 Å². The number of anilines is 1. The van der Waals surface area contributed by atoms with E-state index in [4.69, 9.17) is 0 Å². The largest absolute Gasteiger partial charge is 0.382 e. The van der Waals surface area contributed by atoms with Crippen LogP contribution in [0.5, 0.6) is 0 Å². The number of tetrazole rings is 1. The second-order valence-corrected chi connectivity index (χ2v) is 6.40. The van der Waals surface area contributed by atoms with Gasteiger partial charge in [-0.15, -0.1) is 5.10 Å². The van der Waals surface area contributed by atoms with Crippen molar-refractivity contribution in [2.75, 3.05) is 5.32 Å². The van der Waals surface area contributed by atoms with Gasteiger partial charge in [-0.1, -0.05) is 20.3 Å². The van der Waals surface area contributed by atoms with Crippen LogP contribution in [-0.4, -0.2) is 26.2 Å². The summed E-state index contributed by atoms with van der Waals surface area (Å²) in [6.07, 6.45) is 5.56. The summed E-state index contributed by atoms with van der Waals surface area (Å²) in [6.45, 7) is 6.80. The summed E-state index contributed by atoms with van der Waals surface area (Å²) in [4.78, 5) is 0. The second kappa shape index (κ2) is 5.84. The quantitative estimate of drug-likeness (QED) is 0.941. The van der Waals surface area contributed by atoms with Gasteiger partial charge >= 0.3 is 0 Å². The van der Waals surface area contributed by atoms with E-state index < -0.39 is 0 Å². The highest BCUT2D eigenvalue weighted by Crippen LogP contribution is 2.31. The topological polar surface area (TPSA) is 55.6 Å². The molecule has 2 aromatic rings. The molecule has 1 fully saturated rings. The Morgan fingerprint density at radius 1 is 1.24 bits per heavy atom. The van der Waals surface area contributed by atoms with E-state index >= 15 is 0 Å². The summed E-state index contributed by atoms with van der Waals surface area (Å²) in [6, 6.07) is 6.95. The summed E-state index contributed by atoms with van der Waals surface area (Å²) in [5.41, 5.74) is 3.38. The second-order valence-electron chi connectivity index (χ2n) is 6.40. The van der Waals surface area contributed by atoms with Crippen LogP contribution >= 0.6 is 0 Å². The Balaban J connectivity index is 1.76. The van der Waals surface area contributed by atoms with Crippen molar-refractivity contribution in [3.05, 3.63) is 30.1 Å². The van der Waals surface area contributed by atoms with Gasteiger partial charge in [-0.2, -0.15) is 0 Å². The van der Waals surface area contributed by atoms with Crippen LogP contribution < -0.4 is 5.32 Å². The van der Waals surface area contributed by atoms with E-state index in [2.05, 4.69) is 59.8 Å². The first kappa shape index (κ1) is 14.0. The first-order valence-electron chi connectivity index (χ1n) is 7.74. The van der Waals surface area contributed by atoms with Crippen molar-refractivity contribution in [1.29, 1.82) is 0 Å². The van der Waals surface area contributed by atoms with E-state index in [1.165, 1.54) is 30.5 Å². The average molecular weight is 285 g/mol. The Morgan fingerprint density at radius 2 is 2.10 bits per heavy atom. The van der Waals surface area contributed by atoms with E-state index in [0.29, 0.717) is 6.04 Å². The summed E-state index contributed by atoms with van der Waals surface area (Å²) >= 11 is 0. The molecule has 5 nitrogen and oxygen atoms in total. The van der Waals surface area contributed by atoms with E-state index in [1.54, 1.807) is 11.0 Å². The third kappa shape index (κ3) is 3.06. The van der Waals surface area contributed by atoms with Gasteiger partial charge in [0.05, 0.1) is 5.69 Å². The molecule has 1 saturated carbocycles. The lowest BCUT2D eigenvalue weighted by molar-refractivity contribution is 0.280. The lowest BCUT2D eigenvalue weighted by Gasteiger charge is -2.34. The third-order valence-corrected chi connectivity index (χ3v) is 4.60. The molecule has 5 heteroatoms. The van der Waals surface area contributed by atoms with E-state index in [9.17, 15) is 0 Å². The number of nitrogens with zero attached hydrogens (tertiary/aromatic N) is 4. The van der Waals surface area contributed by atoms with Crippen LogP contribution in [0.4, 0.5) is 5.69 Å². The van der Waals surface area contributed by atoms with E-state index in [0.717, 1.165) is 17.5 Å². The molecule has 3 rings (SSSR count). The molecule has 1 aliphatic rings. The Labute approximate surface area is 125 Å². The van der Waals surface area contributed by atoms with Gasteiger partial charge < -0.3 is 5.32 Å². The van der Waals surface area contributed by atoms with Crippen LogP contribution in [0, 0.1) is 18.8 Å². The molecule has 1 aromatic heterocycles. The fraction of sp³-hybridized carbons (Fsp3) is 0.562. The maximum Gasteiger partial charge on any atom is 0.143 e. The van der Waals surface area contributed by atoms with Crippen LogP contribution in [0.3, 0.4) is 0 Å². The minimum absolute atomic E-state index is 0.576. The third-order valence-electron chi connectivity index (χ3n) is 4.60. The van der Waals surface area contributed by atoms with Gasteiger partial charge in [0.1, 0.15) is 6.33 Å². The number of aromatic nitrogens is 4. The number of hydrogen-bond donors (Lipinski definition) is 1. The van der Waals surface area contributed by atoms with Gasteiger partial charge in [-0.25, -0.2) is 4.68 Å². The zero-order valence-corrected chi connectivity index (χ0v) is 13.0. The Bertz CT molecular complexity index is 593. The van der Waals surface area contributed by atoms with E-state index in [-0.39, 0.29) is 0 Å². The predicted octanol–water partition coefficient (Wildman–Crippen LogP) is 3.21.